The molecule has 6 heteroatoms. The van der Waals surface area contributed by atoms with Crippen LogP contribution in [0.4, 0.5) is 5.69 Å². The number of rotatable bonds is 4. The van der Waals surface area contributed by atoms with Gasteiger partial charge >= 0.3 is 0 Å². The largest absolute Gasteiger partial charge is 0.497 e. The first-order valence-corrected chi connectivity index (χ1v) is 11.1. The van der Waals surface area contributed by atoms with Gasteiger partial charge in [0.05, 0.1) is 7.11 Å². The van der Waals surface area contributed by atoms with Crippen molar-refractivity contribution in [2.75, 3.05) is 19.0 Å². The third kappa shape index (κ3) is 2.99. The predicted octanol–water partition coefficient (Wildman–Crippen LogP) is 4.17. The second-order valence-electron chi connectivity index (χ2n) is 8.64. The van der Waals surface area contributed by atoms with Crippen molar-refractivity contribution < 1.29 is 19.1 Å². The Balaban J connectivity index is 1.57. The summed E-state index contributed by atoms with van der Waals surface area (Å²) in [7, 11) is 1.60. The van der Waals surface area contributed by atoms with Gasteiger partial charge in [0.2, 0.25) is 11.8 Å². The predicted molar refractivity (Wildman–Crippen MR) is 117 cm³/mol. The number of amides is 2. The van der Waals surface area contributed by atoms with Crippen molar-refractivity contribution >= 4 is 17.5 Å². The zero-order valence-electron chi connectivity index (χ0n) is 18.0. The standard InChI is InChI=1S/C25H28N2O4/c1-3-27-24(29)22(23(28)26-16-11-13-17(30-2)14-12-16)21-18-8-4-5-10-20(18)31-25(27)15-7-6-9-19(21)25/h4-5,8,10-14,19,21-22H,3,6-7,9,15H2,1-2H3,(H,26,28)/t19-,21+,22-,25-/m1/s1. The fraction of sp³-hybridized carbons (Fsp3) is 0.440. The minimum Gasteiger partial charge on any atom is -0.497 e. The van der Waals surface area contributed by atoms with E-state index in [1.807, 2.05) is 36.1 Å². The van der Waals surface area contributed by atoms with E-state index in [9.17, 15) is 9.59 Å². The summed E-state index contributed by atoms with van der Waals surface area (Å²) in [5, 5.41) is 2.98. The molecular weight excluding hydrogens is 392 g/mol. The lowest BCUT2D eigenvalue weighted by atomic mass is 9.61. The van der Waals surface area contributed by atoms with Crippen molar-refractivity contribution in [1.82, 2.24) is 4.90 Å². The number of para-hydroxylation sites is 1. The summed E-state index contributed by atoms with van der Waals surface area (Å²) in [6, 6.07) is 15.1. The molecule has 162 valence electrons. The Kier molecular flexibility index (Phi) is 4.88. The number of hydrogen-bond donors (Lipinski definition) is 1. The minimum absolute atomic E-state index is 0.111. The van der Waals surface area contributed by atoms with Crippen LogP contribution >= 0.6 is 0 Å². The third-order valence-corrected chi connectivity index (χ3v) is 7.18. The number of piperidine rings is 1. The second-order valence-corrected chi connectivity index (χ2v) is 8.64. The maximum Gasteiger partial charge on any atom is 0.238 e. The van der Waals surface area contributed by atoms with Gasteiger partial charge in [-0.2, -0.15) is 0 Å². The Morgan fingerprint density at radius 1 is 1.19 bits per heavy atom. The molecule has 0 aromatic heterocycles. The first-order chi connectivity index (χ1) is 15.1. The zero-order chi connectivity index (χ0) is 21.6. The molecule has 2 aromatic carbocycles. The lowest BCUT2D eigenvalue weighted by Gasteiger charge is -2.60. The van der Waals surface area contributed by atoms with Gasteiger partial charge in [-0.1, -0.05) is 24.6 Å². The van der Waals surface area contributed by atoms with E-state index in [0.717, 1.165) is 37.0 Å². The summed E-state index contributed by atoms with van der Waals surface area (Å²) in [5.74, 6) is 0.288. The number of nitrogens with one attached hydrogen (secondary N) is 1. The molecule has 0 unspecified atom stereocenters. The first-order valence-electron chi connectivity index (χ1n) is 11.1. The van der Waals surface area contributed by atoms with Crippen LogP contribution in [0.25, 0.3) is 0 Å². The van der Waals surface area contributed by atoms with Crippen molar-refractivity contribution in [2.45, 2.75) is 44.2 Å². The van der Waals surface area contributed by atoms with Crippen LogP contribution in [0.3, 0.4) is 0 Å². The number of fused-ring (bicyclic) bond motifs is 2. The van der Waals surface area contributed by atoms with Crippen LogP contribution in [-0.4, -0.2) is 36.1 Å². The van der Waals surface area contributed by atoms with Crippen molar-refractivity contribution in [3.63, 3.8) is 0 Å². The Bertz CT molecular complexity index is 1000. The molecule has 1 N–H and O–H groups in total. The van der Waals surface area contributed by atoms with Gasteiger partial charge in [-0.25, -0.2) is 0 Å². The molecule has 3 aliphatic rings. The average molecular weight is 421 g/mol. The van der Waals surface area contributed by atoms with Crippen molar-refractivity contribution in [3.8, 4) is 11.5 Å². The molecule has 2 bridgehead atoms. The summed E-state index contributed by atoms with van der Waals surface area (Å²) in [5.41, 5.74) is 0.992. The van der Waals surface area contributed by atoms with Crippen LogP contribution in [0.15, 0.2) is 48.5 Å². The highest BCUT2D eigenvalue weighted by Gasteiger charge is 2.64. The van der Waals surface area contributed by atoms with Gasteiger partial charge in [0.15, 0.2) is 5.72 Å². The second kappa shape index (κ2) is 7.59. The molecule has 2 fully saturated rings. The number of carbonyl (C=O) groups excluding carboxylic acids is 2. The highest BCUT2D eigenvalue weighted by atomic mass is 16.5. The third-order valence-electron chi connectivity index (χ3n) is 7.18. The Morgan fingerprint density at radius 2 is 1.97 bits per heavy atom. The minimum atomic E-state index is -0.775. The molecule has 2 aromatic rings. The Hall–Kier alpha value is -3.02. The molecule has 6 nitrogen and oxygen atoms in total. The van der Waals surface area contributed by atoms with E-state index in [1.54, 1.807) is 31.4 Å². The van der Waals surface area contributed by atoms with E-state index in [1.165, 1.54) is 0 Å². The fourth-order valence-electron chi connectivity index (χ4n) is 5.90. The number of ether oxygens (including phenoxy) is 2. The molecule has 1 aliphatic carbocycles. The smallest absolute Gasteiger partial charge is 0.238 e. The summed E-state index contributed by atoms with van der Waals surface area (Å²) in [6.45, 7) is 2.50. The topological polar surface area (TPSA) is 67.9 Å². The summed E-state index contributed by atoms with van der Waals surface area (Å²) >= 11 is 0. The van der Waals surface area contributed by atoms with E-state index in [-0.39, 0.29) is 23.7 Å². The van der Waals surface area contributed by atoms with Crippen LogP contribution in [0.5, 0.6) is 11.5 Å². The Morgan fingerprint density at radius 3 is 2.71 bits per heavy atom. The van der Waals surface area contributed by atoms with Gasteiger partial charge < -0.3 is 19.7 Å². The summed E-state index contributed by atoms with van der Waals surface area (Å²) in [6.07, 6.45) is 3.88. The normalized spacial score (nSPS) is 28.8. The fourth-order valence-corrected chi connectivity index (χ4v) is 5.90. The van der Waals surface area contributed by atoms with Gasteiger partial charge in [-0.3, -0.25) is 9.59 Å². The molecule has 5 rings (SSSR count). The van der Waals surface area contributed by atoms with Crippen LogP contribution in [0, 0.1) is 11.8 Å². The van der Waals surface area contributed by atoms with Crippen LogP contribution in [0.2, 0.25) is 0 Å². The lowest BCUT2D eigenvalue weighted by Crippen LogP contribution is -2.71. The molecular formula is C25H28N2O4. The van der Waals surface area contributed by atoms with Gasteiger partial charge in [0.1, 0.15) is 17.4 Å². The number of benzene rings is 2. The van der Waals surface area contributed by atoms with E-state index in [0.29, 0.717) is 18.0 Å². The number of likely N-dealkylation sites (tertiary alicyclic amines) is 1. The van der Waals surface area contributed by atoms with Gasteiger partial charge in [-0.05, 0) is 55.7 Å². The van der Waals surface area contributed by atoms with E-state index in [4.69, 9.17) is 9.47 Å². The monoisotopic (exact) mass is 420 g/mol. The number of hydrogen-bond acceptors (Lipinski definition) is 4. The highest BCUT2D eigenvalue weighted by molar-refractivity contribution is 6.08. The molecule has 31 heavy (non-hydrogen) atoms. The maximum atomic E-state index is 13.7. The number of anilines is 1. The van der Waals surface area contributed by atoms with Gasteiger partial charge in [0.25, 0.3) is 0 Å². The molecule has 0 spiro atoms. The zero-order valence-corrected chi connectivity index (χ0v) is 18.0. The number of methoxy groups -OCH3 is 1. The average Bonchev–Trinajstić information content (AvgIpc) is 2.79. The van der Waals surface area contributed by atoms with Crippen LogP contribution in [-0.2, 0) is 9.59 Å². The van der Waals surface area contributed by atoms with Crippen LogP contribution < -0.4 is 14.8 Å². The van der Waals surface area contributed by atoms with Crippen molar-refractivity contribution in [3.05, 3.63) is 54.1 Å². The SMILES string of the molecule is CCN1C(=O)[C@@H](C(=O)Nc2ccc(OC)cc2)[C@H]2c3ccccc3O[C@@]13CCCC[C@H]23. The van der Waals surface area contributed by atoms with E-state index >= 15 is 0 Å². The highest BCUT2D eigenvalue weighted by Crippen LogP contribution is 2.58. The quantitative estimate of drug-likeness (QED) is 0.754. The lowest BCUT2D eigenvalue weighted by molar-refractivity contribution is -0.206. The van der Waals surface area contributed by atoms with Gasteiger partial charge in [-0.15, -0.1) is 0 Å². The maximum absolute atomic E-state index is 13.7. The molecule has 2 heterocycles. The summed E-state index contributed by atoms with van der Waals surface area (Å²) < 4.78 is 11.8. The van der Waals surface area contributed by atoms with E-state index in [2.05, 4.69) is 5.32 Å². The molecule has 1 saturated heterocycles. The molecule has 4 atom stereocenters. The van der Waals surface area contributed by atoms with Crippen molar-refractivity contribution in [1.29, 1.82) is 0 Å². The number of carbonyl (C=O) groups is 2. The molecule has 1 saturated carbocycles. The van der Waals surface area contributed by atoms with Gasteiger partial charge in [0, 0.05) is 30.5 Å². The number of nitrogens with zero attached hydrogens (tertiary/aromatic N) is 1. The molecule has 2 amide bonds. The summed E-state index contributed by atoms with van der Waals surface area (Å²) in [4.78, 5) is 29.1. The van der Waals surface area contributed by atoms with Crippen molar-refractivity contribution in [2.24, 2.45) is 11.8 Å². The molecule has 0 radical (unpaired) electrons. The Labute approximate surface area is 182 Å². The van der Waals surface area contributed by atoms with Crippen LogP contribution in [0.1, 0.15) is 44.1 Å². The first kappa shape index (κ1) is 19.9. The van der Waals surface area contributed by atoms with E-state index < -0.39 is 11.6 Å². The molecule has 2 aliphatic heterocycles.